The summed E-state index contributed by atoms with van der Waals surface area (Å²) in [4.78, 5) is 25.2. The molecule has 0 bridgehead atoms. The first kappa shape index (κ1) is 27.4. The Balaban J connectivity index is 1.69. The smallest absolute Gasteiger partial charge is 0.257 e. The second-order valence-electron chi connectivity index (χ2n) is 8.79. The lowest BCUT2D eigenvalue weighted by molar-refractivity contribution is -0.116. The van der Waals surface area contributed by atoms with Gasteiger partial charge in [-0.1, -0.05) is 83.3 Å². The van der Waals surface area contributed by atoms with Crippen molar-refractivity contribution in [2.24, 2.45) is 0 Å². The van der Waals surface area contributed by atoms with Crippen LogP contribution in [0.15, 0.2) is 48.5 Å². The number of carbonyl (C=O) groups is 2. The molecule has 0 saturated heterocycles. The Morgan fingerprint density at radius 3 is 1.91 bits per heavy atom. The Kier molecular flexibility index (Phi) is 13.5. The van der Waals surface area contributed by atoms with Gasteiger partial charge in [-0.2, -0.15) is 0 Å². The van der Waals surface area contributed by atoms with Gasteiger partial charge >= 0.3 is 0 Å². The van der Waals surface area contributed by atoms with E-state index in [2.05, 4.69) is 17.6 Å². The van der Waals surface area contributed by atoms with Crippen molar-refractivity contribution in [1.29, 1.82) is 0 Å². The summed E-state index contributed by atoms with van der Waals surface area (Å²) in [6, 6.07) is 14.4. The lowest BCUT2D eigenvalue weighted by atomic mass is 10.1. The number of ether oxygens (including phenoxy) is 1. The molecule has 2 aromatic rings. The Morgan fingerprint density at radius 1 is 0.706 bits per heavy atom. The van der Waals surface area contributed by atoms with Crippen molar-refractivity contribution in [3.05, 3.63) is 54.1 Å². The first-order valence-corrected chi connectivity index (χ1v) is 13.1. The van der Waals surface area contributed by atoms with E-state index >= 15 is 0 Å². The van der Waals surface area contributed by atoms with Gasteiger partial charge in [-0.05, 0) is 49.7 Å². The minimum Gasteiger partial charge on any atom is -0.494 e. The molecule has 0 aliphatic rings. The first-order chi connectivity index (χ1) is 16.6. The lowest BCUT2D eigenvalue weighted by Gasteiger charge is -2.12. The molecule has 0 atom stereocenters. The quantitative estimate of drug-likeness (QED) is 0.232. The van der Waals surface area contributed by atoms with Crippen LogP contribution in [0.2, 0.25) is 0 Å². The fraction of sp³-hybridized carbons (Fsp3) is 0.517. The number of para-hydroxylation sites is 1. The van der Waals surface area contributed by atoms with Crippen LogP contribution in [0.5, 0.6) is 5.75 Å². The summed E-state index contributed by atoms with van der Waals surface area (Å²) >= 11 is 0. The Labute approximate surface area is 205 Å². The number of hydrogen-bond donors (Lipinski definition) is 2. The Bertz CT molecular complexity index is 849. The minimum atomic E-state index is -0.255. The summed E-state index contributed by atoms with van der Waals surface area (Å²) in [6.07, 6.45) is 14.3. The van der Waals surface area contributed by atoms with Crippen LogP contribution < -0.4 is 15.4 Å². The highest BCUT2D eigenvalue weighted by atomic mass is 16.5. The Hall–Kier alpha value is -2.82. The van der Waals surface area contributed by atoms with E-state index in [9.17, 15) is 9.59 Å². The molecule has 0 unspecified atom stereocenters. The highest BCUT2D eigenvalue weighted by molar-refractivity contribution is 6.10. The summed E-state index contributed by atoms with van der Waals surface area (Å²) in [5.74, 6) is 0.461. The van der Waals surface area contributed by atoms with E-state index < -0.39 is 0 Å². The van der Waals surface area contributed by atoms with Crippen molar-refractivity contribution in [3.63, 3.8) is 0 Å². The zero-order chi connectivity index (χ0) is 24.4. The second kappa shape index (κ2) is 16.7. The molecule has 0 heterocycles. The zero-order valence-corrected chi connectivity index (χ0v) is 21.0. The van der Waals surface area contributed by atoms with Crippen molar-refractivity contribution in [2.45, 2.75) is 90.9 Å². The van der Waals surface area contributed by atoms with Gasteiger partial charge in [0.2, 0.25) is 5.91 Å². The summed E-state index contributed by atoms with van der Waals surface area (Å²) in [7, 11) is 0. The van der Waals surface area contributed by atoms with Gasteiger partial charge in [0.15, 0.2) is 0 Å². The van der Waals surface area contributed by atoms with Crippen LogP contribution in [-0.2, 0) is 4.79 Å². The minimum absolute atomic E-state index is 0.0442. The van der Waals surface area contributed by atoms with Crippen LogP contribution in [0.25, 0.3) is 0 Å². The highest BCUT2D eigenvalue weighted by Gasteiger charge is 2.13. The molecule has 0 aromatic heterocycles. The summed E-state index contributed by atoms with van der Waals surface area (Å²) in [5, 5.41) is 5.80. The molecule has 0 aliphatic heterocycles. The van der Waals surface area contributed by atoms with Gasteiger partial charge in [0.05, 0.1) is 17.9 Å². The predicted molar refractivity (Wildman–Crippen MR) is 142 cm³/mol. The SMILES string of the molecule is CCCCCCCCCCCCCC(=O)Nc1ccccc1C(=O)Nc1ccc(OCC)cc1. The zero-order valence-electron chi connectivity index (χ0n) is 21.0. The molecule has 0 saturated carbocycles. The normalized spacial score (nSPS) is 10.6. The van der Waals surface area contributed by atoms with E-state index in [4.69, 9.17) is 4.74 Å². The van der Waals surface area contributed by atoms with Crippen LogP contribution in [0.1, 0.15) is 101 Å². The molecule has 0 spiro atoms. The molecule has 2 rings (SSSR count). The number of unbranched alkanes of at least 4 members (excludes halogenated alkanes) is 10. The van der Waals surface area contributed by atoms with Gasteiger partial charge in [-0.25, -0.2) is 0 Å². The molecule has 0 radical (unpaired) electrons. The molecule has 34 heavy (non-hydrogen) atoms. The number of rotatable bonds is 17. The van der Waals surface area contributed by atoms with E-state index in [-0.39, 0.29) is 11.8 Å². The number of amides is 2. The van der Waals surface area contributed by atoms with Crippen molar-refractivity contribution in [3.8, 4) is 5.75 Å². The molecule has 5 heteroatoms. The maximum Gasteiger partial charge on any atom is 0.257 e. The summed E-state index contributed by atoms with van der Waals surface area (Å²) in [6.45, 7) is 4.77. The van der Waals surface area contributed by atoms with Crippen molar-refractivity contribution < 1.29 is 14.3 Å². The highest BCUT2D eigenvalue weighted by Crippen LogP contribution is 2.20. The maximum atomic E-state index is 12.8. The van der Waals surface area contributed by atoms with Gasteiger partial charge in [0, 0.05) is 12.1 Å². The Morgan fingerprint density at radius 2 is 1.29 bits per heavy atom. The van der Waals surface area contributed by atoms with E-state index in [1.807, 2.05) is 25.1 Å². The van der Waals surface area contributed by atoms with Gasteiger partial charge in [0.1, 0.15) is 5.75 Å². The third kappa shape index (κ3) is 10.9. The van der Waals surface area contributed by atoms with Gasteiger partial charge in [-0.15, -0.1) is 0 Å². The summed E-state index contributed by atoms with van der Waals surface area (Å²) in [5.41, 5.74) is 1.67. The maximum absolute atomic E-state index is 12.8. The van der Waals surface area contributed by atoms with Crippen LogP contribution >= 0.6 is 0 Å². The molecule has 5 nitrogen and oxygen atoms in total. The number of nitrogens with one attached hydrogen (secondary N) is 2. The molecular formula is C29H42N2O3. The lowest BCUT2D eigenvalue weighted by Crippen LogP contribution is -2.18. The first-order valence-electron chi connectivity index (χ1n) is 13.1. The van der Waals surface area contributed by atoms with Gasteiger partial charge < -0.3 is 15.4 Å². The number of hydrogen-bond acceptors (Lipinski definition) is 3. The molecule has 2 N–H and O–H groups in total. The van der Waals surface area contributed by atoms with E-state index in [0.29, 0.717) is 30.0 Å². The molecular weight excluding hydrogens is 424 g/mol. The molecule has 0 fully saturated rings. The van der Waals surface area contributed by atoms with Gasteiger partial charge in [0.25, 0.3) is 5.91 Å². The topological polar surface area (TPSA) is 67.4 Å². The standard InChI is InChI=1S/C29H42N2O3/c1-3-5-6-7-8-9-10-11-12-13-14-19-28(32)31-27-18-16-15-17-26(27)29(33)30-24-20-22-25(23-21-24)34-4-2/h15-18,20-23H,3-14,19H2,1-2H3,(H,30,33)(H,31,32). The fourth-order valence-electron chi connectivity index (χ4n) is 3.95. The molecule has 0 aliphatic carbocycles. The fourth-order valence-corrected chi connectivity index (χ4v) is 3.95. The average molecular weight is 467 g/mol. The molecule has 186 valence electrons. The number of benzene rings is 2. The predicted octanol–water partition coefficient (Wildman–Crippen LogP) is 7.98. The summed E-state index contributed by atoms with van der Waals surface area (Å²) < 4.78 is 5.43. The van der Waals surface area contributed by atoms with E-state index in [1.54, 1.807) is 30.3 Å². The van der Waals surface area contributed by atoms with Crippen LogP contribution in [0, 0.1) is 0 Å². The van der Waals surface area contributed by atoms with Crippen LogP contribution in [-0.4, -0.2) is 18.4 Å². The molecule has 2 amide bonds. The van der Waals surface area contributed by atoms with Crippen molar-refractivity contribution in [2.75, 3.05) is 17.2 Å². The van der Waals surface area contributed by atoms with Crippen LogP contribution in [0.3, 0.4) is 0 Å². The molecule has 2 aromatic carbocycles. The van der Waals surface area contributed by atoms with Crippen LogP contribution in [0.4, 0.5) is 11.4 Å². The third-order valence-corrected chi connectivity index (χ3v) is 5.88. The van der Waals surface area contributed by atoms with Gasteiger partial charge in [-0.3, -0.25) is 9.59 Å². The third-order valence-electron chi connectivity index (χ3n) is 5.88. The van der Waals surface area contributed by atoms with Crippen molar-refractivity contribution in [1.82, 2.24) is 0 Å². The second-order valence-corrected chi connectivity index (χ2v) is 8.79. The average Bonchev–Trinajstić information content (AvgIpc) is 2.84. The van der Waals surface area contributed by atoms with Crippen molar-refractivity contribution >= 4 is 23.2 Å². The monoisotopic (exact) mass is 466 g/mol. The largest absolute Gasteiger partial charge is 0.494 e. The number of anilines is 2. The van der Waals surface area contributed by atoms with E-state index in [1.165, 1.54) is 57.8 Å². The number of carbonyl (C=O) groups excluding carboxylic acids is 2. The van der Waals surface area contributed by atoms with E-state index in [0.717, 1.165) is 18.6 Å².